The third kappa shape index (κ3) is 5.53. The van der Waals surface area contributed by atoms with Crippen LogP contribution < -0.4 is 10.1 Å². The molecule has 1 N–H and O–H groups in total. The van der Waals surface area contributed by atoms with Crippen molar-refractivity contribution in [3.05, 3.63) is 87.4 Å². The number of hydrogen-bond donors (Lipinski definition) is 1. The molecule has 6 heteroatoms. The molecule has 1 heterocycles. The van der Waals surface area contributed by atoms with Crippen LogP contribution >= 0.6 is 11.3 Å². The number of para-hydroxylation sites is 1. The Bertz CT molecular complexity index is 1020. The molecule has 2 aromatic carbocycles. The van der Waals surface area contributed by atoms with Gasteiger partial charge in [-0.05, 0) is 36.8 Å². The highest BCUT2D eigenvalue weighted by atomic mass is 32.1. The first-order valence-electron chi connectivity index (χ1n) is 8.72. The first kappa shape index (κ1) is 19.3. The van der Waals surface area contributed by atoms with E-state index in [9.17, 15) is 4.79 Å². The Labute approximate surface area is 167 Å². The number of nitrogens with one attached hydrogen (secondary N) is 1. The molecule has 140 valence electrons. The molecule has 0 atom stereocenters. The number of aryl methyl sites for hydroxylation is 1. The molecule has 0 radical (unpaired) electrons. The van der Waals surface area contributed by atoms with E-state index in [2.05, 4.69) is 16.4 Å². The van der Waals surface area contributed by atoms with Gasteiger partial charge < -0.3 is 10.1 Å². The van der Waals surface area contributed by atoms with Gasteiger partial charge in [-0.1, -0.05) is 30.3 Å². The standard InChI is InChI=1S/C22H19N3O2S/c1-16-25-20(15-28-16)14-27-21-5-3-2-4-19(21)10-11-22(26)24-13-18-8-6-17(12-23)7-9-18/h2-11,15H,13-14H2,1H3,(H,24,26)/b11-10+. The molecule has 3 rings (SSSR count). The second-order valence-electron chi connectivity index (χ2n) is 6.04. The van der Waals surface area contributed by atoms with E-state index in [1.165, 1.54) is 6.08 Å². The zero-order valence-electron chi connectivity index (χ0n) is 15.4. The number of aromatic nitrogens is 1. The topological polar surface area (TPSA) is 75.0 Å². The van der Waals surface area contributed by atoms with Crippen LogP contribution in [0.1, 0.15) is 27.4 Å². The monoisotopic (exact) mass is 389 g/mol. The van der Waals surface area contributed by atoms with Crippen molar-refractivity contribution < 1.29 is 9.53 Å². The molecule has 0 saturated heterocycles. The highest BCUT2D eigenvalue weighted by Crippen LogP contribution is 2.21. The lowest BCUT2D eigenvalue weighted by Crippen LogP contribution is -2.20. The Morgan fingerprint density at radius 3 is 2.75 bits per heavy atom. The Kier molecular flexibility index (Phi) is 6.55. The molecule has 28 heavy (non-hydrogen) atoms. The van der Waals surface area contributed by atoms with Crippen LogP contribution in [0.2, 0.25) is 0 Å². The van der Waals surface area contributed by atoms with Crippen molar-refractivity contribution in [2.45, 2.75) is 20.1 Å². The van der Waals surface area contributed by atoms with Gasteiger partial charge in [0.1, 0.15) is 12.4 Å². The second-order valence-corrected chi connectivity index (χ2v) is 7.11. The lowest BCUT2D eigenvalue weighted by molar-refractivity contribution is -0.116. The molecule has 0 aliphatic rings. The number of benzene rings is 2. The maximum Gasteiger partial charge on any atom is 0.244 e. The van der Waals surface area contributed by atoms with Crippen LogP contribution in [-0.4, -0.2) is 10.9 Å². The minimum atomic E-state index is -0.200. The zero-order chi connectivity index (χ0) is 19.8. The number of carbonyl (C=O) groups is 1. The maximum absolute atomic E-state index is 12.1. The quantitative estimate of drug-likeness (QED) is 0.614. The molecule has 0 bridgehead atoms. The van der Waals surface area contributed by atoms with Gasteiger partial charge in [-0.2, -0.15) is 5.26 Å². The summed E-state index contributed by atoms with van der Waals surface area (Å²) >= 11 is 1.59. The lowest BCUT2D eigenvalue weighted by Gasteiger charge is -2.08. The third-order valence-corrected chi connectivity index (χ3v) is 4.75. The summed E-state index contributed by atoms with van der Waals surface area (Å²) in [5, 5.41) is 14.6. The van der Waals surface area contributed by atoms with E-state index < -0.39 is 0 Å². The number of hydrogen-bond acceptors (Lipinski definition) is 5. The molecule has 3 aromatic rings. The van der Waals surface area contributed by atoms with Crippen LogP contribution in [0.25, 0.3) is 6.08 Å². The summed E-state index contributed by atoms with van der Waals surface area (Å²) in [6.07, 6.45) is 3.22. The molecular formula is C22H19N3O2S. The predicted molar refractivity (Wildman–Crippen MR) is 110 cm³/mol. The van der Waals surface area contributed by atoms with Crippen LogP contribution in [0.5, 0.6) is 5.75 Å². The molecule has 1 aromatic heterocycles. The number of amides is 1. The number of rotatable bonds is 7. The molecule has 0 saturated carbocycles. The first-order valence-corrected chi connectivity index (χ1v) is 9.60. The smallest absolute Gasteiger partial charge is 0.244 e. The molecule has 0 fully saturated rings. The Balaban J connectivity index is 1.56. The maximum atomic E-state index is 12.1. The largest absolute Gasteiger partial charge is 0.487 e. The summed E-state index contributed by atoms with van der Waals surface area (Å²) in [7, 11) is 0. The van der Waals surface area contributed by atoms with Gasteiger partial charge in [0.05, 0.1) is 22.3 Å². The van der Waals surface area contributed by atoms with Crippen molar-refractivity contribution >= 4 is 23.3 Å². The Morgan fingerprint density at radius 2 is 2.04 bits per heavy atom. The van der Waals surface area contributed by atoms with Gasteiger partial charge in [0, 0.05) is 23.6 Å². The average molecular weight is 389 g/mol. The fraction of sp³-hybridized carbons (Fsp3) is 0.136. The number of nitrogens with zero attached hydrogens (tertiary/aromatic N) is 2. The van der Waals surface area contributed by atoms with Crippen molar-refractivity contribution in [3.63, 3.8) is 0 Å². The van der Waals surface area contributed by atoms with E-state index in [1.807, 2.05) is 48.7 Å². The molecule has 0 aliphatic heterocycles. The van der Waals surface area contributed by atoms with Gasteiger partial charge in [-0.15, -0.1) is 11.3 Å². The molecule has 0 aliphatic carbocycles. The van der Waals surface area contributed by atoms with E-state index in [0.29, 0.717) is 24.5 Å². The van der Waals surface area contributed by atoms with E-state index in [4.69, 9.17) is 10.00 Å². The van der Waals surface area contributed by atoms with Gasteiger partial charge in [0.25, 0.3) is 0 Å². The van der Waals surface area contributed by atoms with Gasteiger partial charge in [0.15, 0.2) is 0 Å². The third-order valence-electron chi connectivity index (χ3n) is 3.93. The van der Waals surface area contributed by atoms with Crippen LogP contribution in [0.15, 0.2) is 60.0 Å². The molecule has 5 nitrogen and oxygen atoms in total. The van der Waals surface area contributed by atoms with Crippen molar-refractivity contribution in [2.24, 2.45) is 0 Å². The number of carbonyl (C=O) groups excluding carboxylic acids is 1. The average Bonchev–Trinajstić information content (AvgIpc) is 3.15. The number of thiazole rings is 1. The Morgan fingerprint density at radius 1 is 1.25 bits per heavy atom. The molecule has 0 spiro atoms. The van der Waals surface area contributed by atoms with Crippen molar-refractivity contribution in [1.82, 2.24) is 10.3 Å². The van der Waals surface area contributed by atoms with E-state index in [-0.39, 0.29) is 5.91 Å². The number of nitriles is 1. The Hall–Kier alpha value is -3.43. The van der Waals surface area contributed by atoms with Crippen molar-refractivity contribution in [1.29, 1.82) is 5.26 Å². The van der Waals surface area contributed by atoms with Crippen LogP contribution in [0.4, 0.5) is 0 Å². The fourth-order valence-electron chi connectivity index (χ4n) is 2.49. The summed E-state index contributed by atoms with van der Waals surface area (Å²) in [5.41, 5.74) is 3.24. The van der Waals surface area contributed by atoms with E-state index in [1.54, 1.807) is 29.5 Å². The summed E-state index contributed by atoms with van der Waals surface area (Å²) in [6, 6.07) is 16.7. The van der Waals surface area contributed by atoms with Gasteiger partial charge in [0.2, 0.25) is 5.91 Å². The minimum absolute atomic E-state index is 0.200. The highest BCUT2D eigenvalue weighted by Gasteiger charge is 2.04. The van der Waals surface area contributed by atoms with Crippen molar-refractivity contribution in [3.8, 4) is 11.8 Å². The van der Waals surface area contributed by atoms with Crippen LogP contribution in [-0.2, 0) is 17.9 Å². The normalized spacial score (nSPS) is 10.6. The highest BCUT2D eigenvalue weighted by molar-refractivity contribution is 7.09. The van der Waals surface area contributed by atoms with Gasteiger partial charge in [-0.3, -0.25) is 4.79 Å². The van der Waals surface area contributed by atoms with Gasteiger partial charge in [-0.25, -0.2) is 4.98 Å². The van der Waals surface area contributed by atoms with E-state index in [0.717, 1.165) is 21.8 Å². The first-order chi connectivity index (χ1) is 13.6. The zero-order valence-corrected chi connectivity index (χ0v) is 16.2. The number of ether oxygens (including phenoxy) is 1. The van der Waals surface area contributed by atoms with Gasteiger partial charge >= 0.3 is 0 Å². The summed E-state index contributed by atoms with van der Waals surface area (Å²) in [5.74, 6) is 0.499. The predicted octanol–water partition coefficient (Wildman–Crippen LogP) is 4.23. The minimum Gasteiger partial charge on any atom is -0.487 e. The molecule has 0 unspecified atom stereocenters. The lowest BCUT2D eigenvalue weighted by atomic mass is 10.1. The molecule has 1 amide bonds. The fourth-order valence-corrected chi connectivity index (χ4v) is 3.08. The van der Waals surface area contributed by atoms with E-state index >= 15 is 0 Å². The summed E-state index contributed by atoms with van der Waals surface area (Å²) in [4.78, 5) is 16.5. The molecular weight excluding hydrogens is 370 g/mol. The second kappa shape index (κ2) is 9.49. The van der Waals surface area contributed by atoms with Crippen LogP contribution in [0, 0.1) is 18.3 Å². The van der Waals surface area contributed by atoms with Crippen molar-refractivity contribution in [2.75, 3.05) is 0 Å². The van der Waals surface area contributed by atoms with Crippen LogP contribution in [0.3, 0.4) is 0 Å². The SMILES string of the molecule is Cc1nc(COc2ccccc2/C=C/C(=O)NCc2ccc(C#N)cc2)cs1. The summed E-state index contributed by atoms with van der Waals surface area (Å²) in [6.45, 7) is 2.75. The summed E-state index contributed by atoms with van der Waals surface area (Å²) < 4.78 is 5.85.